The Hall–Kier alpha value is -3.34. The van der Waals surface area contributed by atoms with Crippen molar-refractivity contribution in [3.8, 4) is 22.8 Å². The van der Waals surface area contributed by atoms with Gasteiger partial charge < -0.3 is 29.7 Å². The molecule has 0 radical (unpaired) electrons. The monoisotopic (exact) mass is 598 g/mol. The lowest BCUT2D eigenvalue weighted by atomic mass is 9.78. The molecule has 1 amide bonds. The summed E-state index contributed by atoms with van der Waals surface area (Å²) in [5.41, 5.74) is 2.15. The minimum absolute atomic E-state index is 0.195. The minimum atomic E-state index is -0.254. The van der Waals surface area contributed by atoms with Gasteiger partial charge in [0.05, 0.1) is 55.3 Å². The zero-order valence-corrected chi connectivity index (χ0v) is 24.5. The Labute approximate surface area is 248 Å². The van der Waals surface area contributed by atoms with Crippen LogP contribution in [0.25, 0.3) is 22.2 Å². The quantitative estimate of drug-likeness (QED) is 0.350. The number of pyridine rings is 1. The second-order valence-corrected chi connectivity index (χ2v) is 11.7. The van der Waals surface area contributed by atoms with Crippen molar-refractivity contribution < 1.29 is 19.0 Å². The predicted octanol–water partition coefficient (Wildman–Crippen LogP) is 4.88. The molecule has 0 unspecified atom stereocenters. The standard InChI is InChI=1S/C29H32Cl2N6O4/c1-4-22(38)33-18-12-41-13-19(18)35-28-32-11-16-9-17(23-24(30)20(39-2)10-21(40-3)25(23)31)34-27(26(16)36-28)37-14-29(15-37)7-5-6-8-29/h4,9-11,18-19H,1,5-8,12-15H2,2-3H3,(H,33,38)(H,32,35,36)/t18-,19+/m0/s1. The van der Waals surface area contributed by atoms with E-state index in [4.69, 9.17) is 47.4 Å². The average Bonchev–Trinajstić information content (AvgIpc) is 3.62. The molecule has 1 spiro atoms. The molecule has 4 heterocycles. The summed E-state index contributed by atoms with van der Waals surface area (Å²) < 4.78 is 16.6. The number of anilines is 2. The van der Waals surface area contributed by atoms with E-state index in [0.29, 0.717) is 62.9 Å². The molecule has 3 aliphatic rings. The Morgan fingerprint density at radius 2 is 1.78 bits per heavy atom. The number of carbonyl (C=O) groups is 1. The number of carbonyl (C=O) groups excluding carboxylic acids is 1. The molecule has 41 heavy (non-hydrogen) atoms. The van der Waals surface area contributed by atoms with Gasteiger partial charge in [-0.25, -0.2) is 15.0 Å². The van der Waals surface area contributed by atoms with Crippen molar-refractivity contribution in [1.29, 1.82) is 0 Å². The first-order valence-electron chi connectivity index (χ1n) is 13.6. The third-order valence-electron chi connectivity index (χ3n) is 8.30. The normalized spacial score (nSPS) is 21.1. The highest BCUT2D eigenvalue weighted by atomic mass is 35.5. The zero-order valence-electron chi connectivity index (χ0n) is 23.0. The number of rotatable bonds is 8. The number of nitrogens with one attached hydrogen (secondary N) is 2. The van der Waals surface area contributed by atoms with Crippen molar-refractivity contribution >= 4 is 51.8 Å². The third-order valence-corrected chi connectivity index (χ3v) is 9.05. The first-order valence-corrected chi connectivity index (χ1v) is 14.4. The molecule has 1 aliphatic carbocycles. The van der Waals surface area contributed by atoms with E-state index in [-0.39, 0.29) is 18.0 Å². The molecule has 2 atom stereocenters. The highest BCUT2D eigenvalue weighted by Crippen LogP contribution is 2.49. The van der Waals surface area contributed by atoms with Gasteiger partial charge in [0.2, 0.25) is 11.9 Å². The van der Waals surface area contributed by atoms with Crippen LogP contribution in [0.15, 0.2) is 31.0 Å². The highest BCUT2D eigenvalue weighted by Gasteiger charge is 2.46. The van der Waals surface area contributed by atoms with E-state index in [1.54, 1.807) is 26.5 Å². The van der Waals surface area contributed by atoms with E-state index >= 15 is 0 Å². The molecule has 2 N–H and O–H groups in total. The number of ether oxygens (including phenoxy) is 3. The molecule has 2 aliphatic heterocycles. The first kappa shape index (κ1) is 27.8. The molecule has 216 valence electrons. The number of methoxy groups -OCH3 is 2. The Kier molecular flexibility index (Phi) is 7.56. The summed E-state index contributed by atoms with van der Waals surface area (Å²) in [6, 6.07) is 3.11. The van der Waals surface area contributed by atoms with Crippen molar-refractivity contribution in [2.75, 3.05) is 50.7 Å². The van der Waals surface area contributed by atoms with Crippen LogP contribution in [-0.2, 0) is 9.53 Å². The van der Waals surface area contributed by atoms with Crippen molar-refractivity contribution in [3.63, 3.8) is 0 Å². The van der Waals surface area contributed by atoms with Crippen LogP contribution >= 0.6 is 23.2 Å². The molecule has 2 saturated heterocycles. The van der Waals surface area contributed by atoms with Crippen molar-refractivity contribution in [1.82, 2.24) is 20.3 Å². The largest absolute Gasteiger partial charge is 0.495 e. The van der Waals surface area contributed by atoms with Crippen LogP contribution in [0.4, 0.5) is 11.8 Å². The van der Waals surface area contributed by atoms with Crippen molar-refractivity contribution in [3.05, 3.63) is 41.0 Å². The second-order valence-electron chi connectivity index (χ2n) is 10.9. The van der Waals surface area contributed by atoms with Crippen LogP contribution in [0, 0.1) is 5.41 Å². The van der Waals surface area contributed by atoms with Crippen LogP contribution in [0.5, 0.6) is 11.5 Å². The SMILES string of the molecule is C=CC(=O)N[C@H]1COC[C@H]1Nc1ncc2cc(-c3c(Cl)c(OC)cc(OC)c3Cl)nc(N3CC4(CCCC4)C3)c2n1. The van der Waals surface area contributed by atoms with E-state index in [0.717, 1.165) is 24.3 Å². The summed E-state index contributed by atoms with van der Waals surface area (Å²) in [6.45, 7) is 6.17. The van der Waals surface area contributed by atoms with Gasteiger partial charge >= 0.3 is 0 Å². The van der Waals surface area contributed by atoms with Gasteiger partial charge in [0, 0.05) is 41.7 Å². The van der Waals surface area contributed by atoms with Crippen molar-refractivity contribution in [2.45, 2.75) is 37.8 Å². The number of benzene rings is 1. The van der Waals surface area contributed by atoms with E-state index in [9.17, 15) is 4.79 Å². The predicted molar refractivity (Wildman–Crippen MR) is 159 cm³/mol. The summed E-state index contributed by atoms with van der Waals surface area (Å²) in [7, 11) is 3.09. The molecule has 2 aromatic heterocycles. The van der Waals surface area contributed by atoms with E-state index in [1.165, 1.54) is 31.8 Å². The van der Waals surface area contributed by atoms with Gasteiger partial charge in [-0.15, -0.1) is 0 Å². The Morgan fingerprint density at radius 1 is 1.10 bits per heavy atom. The van der Waals surface area contributed by atoms with E-state index in [2.05, 4.69) is 27.1 Å². The fourth-order valence-corrected chi connectivity index (χ4v) is 6.85. The molecule has 0 bridgehead atoms. The molecular formula is C29H32Cl2N6O4. The molecule has 1 saturated carbocycles. The summed E-state index contributed by atoms with van der Waals surface area (Å²) in [5.74, 6) is 1.79. The lowest BCUT2D eigenvalue weighted by molar-refractivity contribution is -0.117. The number of halogens is 2. The van der Waals surface area contributed by atoms with Crippen molar-refractivity contribution in [2.24, 2.45) is 5.41 Å². The lowest BCUT2D eigenvalue weighted by Gasteiger charge is -2.49. The second kappa shape index (κ2) is 11.2. The van der Waals surface area contributed by atoms with E-state index in [1.807, 2.05) is 6.07 Å². The fraction of sp³-hybridized carbons (Fsp3) is 0.448. The number of hydrogen-bond donors (Lipinski definition) is 2. The number of hydrogen-bond acceptors (Lipinski definition) is 9. The third kappa shape index (κ3) is 5.13. The van der Waals surface area contributed by atoms with Crippen LogP contribution in [0.2, 0.25) is 10.0 Å². The van der Waals surface area contributed by atoms with Gasteiger partial charge in [0.15, 0.2) is 5.82 Å². The van der Waals surface area contributed by atoms with Crippen LogP contribution in [-0.4, -0.2) is 73.5 Å². The summed E-state index contributed by atoms with van der Waals surface area (Å²) in [5, 5.41) is 7.72. The number of aromatic nitrogens is 3. The molecule has 3 fully saturated rings. The van der Waals surface area contributed by atoms with Crippen LogP contribution in [0.1, 0.15) is 25.7 Å². The van der Waals surface area contributed by atoms with Gasteiger partial charge in [-0.3, -0.25) is 4.79 Å². The van der Waals surface area contributed by atoms with Gasteiger partial charge in [-0.05, 0) is 25.0 Å². The average molecular weight is 600 g/mol. The van der Waals surface area contributed by atoms with Gasteiger partial charge in [0.25, 0.3) is 0 Å². The van der Waals surface area contributed by atoms with Gasteiger partial charge in [-0.2, -0.15) is 0 Å². The van der Waals surface area contributed by atoms with Gasteiger partial charge in [-0.1, -0.05) is 42.6 Å². The fourth-order valence-electron chi connectivity index (χ4n) is 6.15. The molecule has 12 heteroatoms. The Balaban J connectivity index is 1.41. The smallest absolute Gasteiger partial charge is 0.243 e. The molecule has 6 rings (SSSR count). The number of nitrogens with zero attached hydrogens (tertiary/aromatic N) is 4. The van der Waals surface area contributed by atoms with Gasteiger partial charge in [0.1, 0.15) is 17.0 Å². The lowest BCUT2D eigenvalue weighted by Crippen LogP contribution is -2.55. The summed E-state index contributed by atoms with van der Waals surface area (Å²) >= 11 is 13.6. The zero-order chi connectivity index (χ0) is 28.7. The molecule has 1 aromatic carbocycles. The van der Waals surface area contributed by atoms with Crippen LogP contribution in [0.3, 0.4) is 0 Å². The summed E-state index contributed by atoms with van der Waals surface area (Å²) in [4.78, 5) is 28.8. The van der Waals surface area contributed by atoms with E-state index < -0.39 is 0 Å². The number of amides is 1. The highest BCUT2D eigenvalue weighted by molar-refractivity contribution is 6.41. The first-order chi connectivity index (χ1) is 19.8. The number of fused-ring (bicyclic) bond motifs is 1. The Morgan fingerprint density at radius 3 is 2.44 bits per heavy atom. The molecule has 3 aromatic rings. The summed E-state index contributed by atoms with van der Waals surface area (Å²) in [6.07, 6.45) is 8.00. The maximum Gasteiger partial charge on any atom is 0.243 e. The Bertz CT molecular complexity index is 1480. The topological polar surface area (TPSA) is 111 Å². The van der Waals surface area contributed by atoms with Crippen LogP contribution < -0.4 is 25.0 Å². The minimum Gasteiger partial charge on any atom is -0.495 e. The molecular weight excluding hydrogens is 567 g/mol. The maximum absolute atomic E-state index is 11.9. The maximum atomic E-state index is 11.9. The molecule has 10 nitrogen and oxygen atoms in total.